The summed E-state index contributed by atoms with van der Waals surface area (Å²) in [5.41, 5.74) is 7.16. The van der Waals surface area contributed by atoms with Crippen molar-refractivity contribution in [3.05, 3.63) is 156 Å². The summed E-state index contributed by atoms with van der Waals surface area (Å²) in [6.45, 7) is 0. The summed E-state index contributed by atoms with van der Waals surface area (Å²) >= 11 is 3.64. The van der Waals surface area contributed by atoms with Gasteiger partial charge in [0.1, 0.15) is 12.1 Å². The number of hydrogen-bond acceptors (Lipinski definition) is 2. The first-order valence-electron chi connectivity index (χ1n) is 12.3. The van der Waals surface area contributed by atoms with Gasteiger partial charge in [-0.15, -0.1) is 0 Å². The molecule has 0 spiro atoms. The van der Waals surface area contributed by atoms with E-state index in [1.165, 1.54) is 0 Å². The Morgan fingerprint density at radius 2 is 1.11 bits per heavy atom. The maximum atomic E-state index is 10.0. The van der Waals surface area contributed by atoms with Gasteiger partial charge < -0.3 is 0 Å². The van der Waals surface area contributed by atoms with Gasteiger partial charge in [0.15, 0.2) is 0 Å². The van der Waals surface area contributed by atoms with Crippen molar-refractivity contribution >= 4 is 22.2 Å². The summed E-state index contributed by atoms with van der Waals surface area (Å²) in [5.74, 6) is 0.923. The van der Waals surface area contributed by atoms with Crippen LogP contribution in [0.25, 0.3) is 39.6 Å². The zero-order valence-electron chi connectivity index (χ0n) is 20.6. The fourth-order valence-electron chi connectivity index (χ4n) is 4.26. The number of imidazole rings is 1. The van der Waals surface area contributed by atoms with Gasteiger partial charge in [0.05, 0.1) is 11.4 Å². The Morgan fingerprint density at radius 3 is 1.63 bits per heavy atom. The quantitative estimate of drug-likeness (QED) is 0.198. The molecule has 0 unspecified atom stereocenters. The van der Waals surface area contributed by atoms with Crippen LogP contribution in [0.15, 0.2) is 150 Å². The first kappa shape index (κ1) is 25.1. The van der Waals surface area contributed by atoms with Crippen LogP contribution in [0.5, 0.6) is 0 Å². The van der Waals surface area contributed by atoms with E-state index in [9.17, 15) is 4.79 Å². The van der Waals surface area contributed by atoms with Crippen molar-refractivity contribution in [1.82, 2.24) is 9.55 Å². The molecule has 6 aromatic rings. The van der Waals surface area contributed by atoms with E-state index in [1.54, 1.807) is 12.1 Å². The monoisotopic (exact) mass is 556 g/mol. The lowest BCUT2D eigenvalue weighted by Crippen LogP contribution is -2.00. The Bertz CT molecular complexity index is 1610. The molecule has 0 saturated carbocycles. The largest absolute Gasteiger partial charge is 0.298 e. The average molecular weight is 557 g/mol. The van der Waals surface area contributed by atoms with Crippen LogP contribution in [0.3, 0.4) is 0 Å². The Kier molecular flexibility index (Phi) is 8.02. The molecule has 0 aliphatic carbocycles. The average Bonchev–Trinajstić information content (AvgIpc) is 3.40. The van der Waals surface area contributed by atoms with Gasteiger partial charge in [-0.05, 0) is 18.2 Å². The van der Waals surface area contributed by atoms with Crippen molar-refractivity contribution < 1.29 is 4.79 Å². The number of aldehydes is 1. The highest BCUT2D eigenvalue weighted by molar-refractivity contribution is 9.10. The molecule has 0 aliphatic heterocycles. The standard InChI is InChI=1S/C27H19BrN2.C7H6O/c28-23-17-10-18-24(19-23)30-26(21-13-6-2-7-14-21)25(20-11-4-1-5-12-20)29-27(30)22-15-8-3-9-16-22;8-6-7-4-2-1-3-5-7/h1-19H;1-6H. The fourth-order valence-corrected chi connectivity index (χ4v) is 4.65. The highest BCUT2D eigenvalue weighted by Gasteiger charge is 2.22. The maximum absolute atomic E-state index is 10.0. The van der Waals surface area contributed by atoms with Crippen LogP contribution in [0.1, 0.15) is 10.4 Å². The summed E-state index contributed by atoms with van der Waals surface area (Å²) in [6, 6.07) is 48.7. The summed E-state index contributed by atoms with van der Waals surface area (Å²) in [6.07, 6.45) is 0.833. The molecule has 0 bridgehead atoms. The van der Waals surface area contributed by atoms with E-state index in [2.05, 4.69) is 111 Å². The summed E-state index contributed by atoms with van der Waals surface area (Å²) in [5, 5.41) is 0. The van der Waals surface area contributed by atoms with E-state index in [-0.39, 0.29) is 0 Å². The van der Waals surface area contributed by atoms with E-state index in [4.69, 9.17) is 4.98 Å². The molecule has 1 aromatic heterocycles. The molecular weight excluding hydrogens is 532 g/mol. The molecule has 4 heteroatoms. The minimum atomic E-state index is 0.729. The molecule has 5 aromatic carbocycles. The second-order valence-corrected chi connectivity index (χ2v) is 9.49. The first-order valence-corrected chi connectivity index (χ1v) is 13.1. The minimum absolute atomic E-state index is 0.729. The van der Waals surface area contributed by atoms with E-state index >= 15 is 0 Å². The summed E-state index contributed by atoms with van der Waals surface area (Å²) in [7, 11) is 0. The van der Waals surface area contributed by atoms with Crippen LogP contribution >= 0.6 is 15.9 Å². The van der Waals surface area contributed by atoms with Gasteiger partial charge in [-0.25, -0.2) is 4.98 Å². The molecule has 0 amide bonds. The lowest BCUT2D eigenvalue weighted by Gasteiger charge is -2.14. The van der Waals surface area contributed by atoms with Crippen molar-refractivity contribution in [2.75, 3.05) is 0 Å². The Balaban J connectivity index is 0.000000316. The fraction of sp³-hybridized carbons (Fsp3) is 0. The lowest BCUT2D eigenvalue weighted by molar-refractivity contribution is 0.112. The number of carbonyl (C=O) groups is 1. The van der Waals surface area contributed by atoms with Crippen LogP contribution in [0.2, 0.25) is 0 Å². The van der Waals surface area contributed by atoms with Gasteiger partial charge in [-0.1, -0.05) is 143 Å². The van der Waals surface area contributed by atoms with E-state index < -0.39 is 0 Å². The second-order valence-electron chi connectivity index (χ2n) is 8.57. The number of hydrogen-bond donors (Lipinski definition) is 0. The SMILES string of the molecule is Brc1cccc(-n2c(-c3ccccc3)nc(-c3ccccc3)c2-c2ccccc2)c1.O=Cc1ccccc1. The Labute approximate surface area is 231 Å². The zero-order chi connectivity index (χ0) is 26.2. The molecule has 3 nitrogen and oxygen atoms in total. The molecule has 0 fully saturated rings. The van der Waals surface area contributed by atoms with E-state index in [1.807, 2.05) is 42.5 Å². The van der Waals surface area contributed by atoms with Crippen LogP contribution in [-0.4, -0.2) is 15.8 Å². The normalized spacial score (nSPS) is 10.3. The molecule has 0 saturated heterocycles. The van der Waals surface area contributed by atoms with Crippen LogP contribution in [0, 0.1) is 0 Å². The lowest BCUT2D eigenvalue weighted by atomic mass is 10.0. The summed E-state index contributed by atoms with van der Waals surface area (Å²) in [4.78, 5) is 15.2. The number of nitrogens with zero attached hydrogens (tertiary/aromatic N) is 2. The number of aromatic nitrogens is 2. The Morgan fingerprint density at radius 1 is 0.579 bits per heavy atom. The highest BCUT2D eigenvalue weighted by Crippen LogP contribution is 2.38. The molecule has 0 atom stereocenters. The number of carbonyl (C=O) groups excluding carboxylic acids is 1. The van der Waals surface area contributed by atoms with Crippen LogP contribution < -0.4 is 0 Å². The molecule has 0 aliphatic rings. The van der Waals surface area contributed by atoms with Gasteiger partial charge in [0, 0.05) is 32.4 Å². The second kappa shape index (κ2) is 12.1. The predicted octanol–water partition coefficient (Wildman–Crippen LogP) is 9.13. The van der Waals surface area contributed by atoms with Crippen molar-refractivity contribution in [3.63, 3.8) is 0 Å². The number of rotatable bonds is 5. The van der Waals surface area contributed by atoms with Crippen molar-refractivity contribution in [3.8, 4) is 39.6 Å². The molecule has 184 valence electrons. The van der Waals surface area contributed by atoms with Crippen LogP contribution in [0.4, 0.5) is 0 Å². The minimum Gasteiger partial charge on any atom is -0.298 e. The molecule has 0 radical (unpaired) electrons. The third kappa shape index (κ3) is 5.72. The summed E-state index contributed by atoms with van der Waals surface area (Å²) < 4.78 is 3.30. The molecular formula is C34H25BrN2O. The third-order valence-electron chi connectivity index (χ3n) is 6.01. The smallest absolute Gasteiger partial charge is 0.150 e. The van der Waals surface area contributed by atoms with Gasteiger partial charge in [-0.2, -0.15) is 0 Å². The number of halogens is 1. The highest BCUT2D eigenvalue weighted by atomic mass is 79.9. The van der Waals surface area contributed by atoms with Crippen molar-refractivity contribution in [2.24, 2.45) is 0 Å². The molecule has 6 rings (SSSR count). The van der Waals surface area contributed by atoms with Crippen molar-refractivity contribution in [2.45, 2.75) is 0 Å². The molecule has 0 N–H and O–H groups in total. The third-order valence-corrected chi connectivity index (χ3v) is 6.50. The topological polar surface area (TPSA) is 34.9 Å². The van der Waals surface area contributed by atoms with Crippen molar-refractivity contribution in [1.29, 1.82) is 0 Å². The number of benzene rings is 5. The van der Waals surface area contributed by atoms with Gasteiger partial charge in [0.2, 0.25) is 0 Å². The Hall–Kier alpha value is -4.54. The van der Waals surface area contributed by atoms with Crippen LogP contribution in [-0.2, 0) is 0 Å². The maximum Gasteiger partial charge on any atom is 0.150 e. The van der Waals surface area contributed by atoms with Gasteiger partial charge in [0.25, 0.3) is 0 Å². The van der Waals surface area contributed by atoms with E-state index in [0.29, 0.717) is 0 Å². The van der Waals surface area contributed by atoms with E-state index in [0.717, 1.165) is 55.9 Å². The zero-order valence-corrected chi connectivity index (χ0v) is 22.2. The first-order chi connectivity index (χ1) is 18.7. The van der Waals surface area contributed by atoms with Gasteiger partial charge in [-0.3, -0.25) is 9.36 Å². The molecule has 1 heterocycles. The van der Waals surface area contributed by atoms with Gasteiger partial charge >= 0.3 is 0 Å². The predicted molar refractivity (Wildman–Crippen MR) is 159 cm³/mol. The molecule has 38 heavy (non-hydrogen) atoms.